The molecule has 1 atom stereocenters. The molecule has 1 aromatic carbocycles. The third kappa shape index (κ3) is 3.18. The zero-order valence-corrected chi connectivity index (χ0v) is 14.7. The minimum Gasteiger partial charge on any atom is -0.467 e. The van der Waals surface area contributed by atoms with Gasteiger partial charge in [0.25, 0.3) is 5.91 Å². The highest BCUT2D eigenvalue weighted by atomic mass is 16.5. The Balaban J connectivity index is 2.33. The SMILES string of the molecule is CC[C@@](C)(NC(=O)c1cnn(-c2ccccc2C)c1C)C(=O)OC. The van der Waals surface area contributed by atoms with Crippen molar-refractivity contribution in [2.45, 2.75) is 39.7 Å². The fraction of sp³-hybridized carbons (Fsp3) is 0.389. The van der Waals surface area contributed by atoms with E-state index in [1.54, 1.807) is 11.6 Å². The zero-order chi connectivity index (χ0) is 17.9. The maximum absolute atomic E-state index is 12.6. The summed E-state index contributed by atoms with van der Waals surface area (Å²) in [6.07, 6.45) is 1.95. The number of esters is 1. The third-order valence-corrected chi connectivity index (χ3v) is 4.33. The molecule has 2 aromatic rings. The summed E-state index contributed by atoms with van der Waals surface area (Å²) in [6, 6.07) is 7.81. The van der Waals surface area contributed by atoms with E-state index in [0.717, 1.165) is 11.3 Å². The highest BCUT2D eigenvalue weighted by Gasteiger charge is 2.35. The summed E-state index contributed by atoms with van der Waals surface area (Å²) in [7, 11) is 1.31. The Hall–Kier alpha value is -2.63. The molecule has 6 heteroatoms. The first-order valence-electron chi connectivity index (χ1n) is 7.85. The van der Waals surface area contributed by atoms with Gasteiger partial charge in [-0.2, -0.15) is 5.10 Å². The molecule has 1 heterocycles. The summed E-state index contributed by atoms with van der Waals surface area (Å²) in [4.78, 5) is 24.5. The summed E-state index contributed by atoms with van der Waals surface area (Å²) >= 11 is 0. The lowest BCUT2D eigenvalue weighted by atomic mass is 9.98. The highest BCUT2D eigenvalue weighted by Crippen LogP contribution is 2.19. The summed E-state index contributed by atoms with van der Waals surface area (Å²) < 4.78 is 6.52. The van der Waals surface area contributed by atoms with Crippen LogP contribution in [0.15, 0.2) is 30.5 Å². The van der Waals surface area contributed by atoms with Crippen molar-refractivity contribution in [3.8, 4) is 5.69 Å². The molecule has 0 saturated carbocycles. The number of ether oxygens (including phenoxy) is 1. The van der Waals surface area contributed by atoms with Crippen LogP contribution in [0.1, 0.15) is 41.9 Å². The van der Waals surface area contributed by atoms with Crippen molar-refractivity contribution < 1.29 is 14.3 Å². The predicted octanol–water partition coefficient (Wildman–Crippen LogP) is 2.56. The number of para-hydroxylation sites is 1. The molecule has 128 valence electrons. The second-order valence-electron chi connectivity index (χ2n) is 5.97. The lowest BCUT2D eigenvalue weighted by molar-refractivity contribution is -0.147. The van der Waals surface area contributed by atoms with Gasteiger partial charge >= 0.3 is 5.97 Å². The fourth-order valence-electron chi connectivity index (χ4n) is 2.50. The van der Waals surface area contributed by atoms with Crippen molar-refractivity contribution in [3.05, 3.63) is 47.3 Å². The summed E-state index contributed by atoms with van der Waals surface area (Å²) in [5, 5.41) is 7.09. The van der Waals surface area contributed by atoms with E-state index in [1.165, 1.54) is 13.3 Å². The van der Waals surface area contributed by atoms with E-state index in [9.17, 15) is 9.59 Å². The monoisotopic (exact) mass is 329 g/mol. The van der Waals surface area contributed by atoms with Crippen LogP contribution in [0, 0.1) is 13.8 Å². The van der Waals surface area contributed by atoms with Crippen molar-refractivity contribution >= 4 is 11.9 Å². The predicted molar refractivity (Wildman–Crippen MR) is 91.2 cm³/mol. The molecular formula is C18H23N3O3. The number of hydrogen-bond acceptors (Lipinski definition) is 4. The van der Waals surface area contributed by atoms with Crippen LogP contribution in [0.5, 0.6) is 0 Å². The Morgan fingerprint density at radius 3 is 2.54 bits per heavy atom. The Morgan fingerprint density at radius 1 is 1.29 bits per heavy atom. The van der Waals surface area contributed by atoms with Gasteiger partial charge in [0.1, 0.15) is 5.54 Å². The zero-order valence-electron chi connectivity index (χ0n) is 14.7. The molecule has 0 spiro atoms. The van der Waals surface area contributed by atoms with Crippen molar-refractivity contribution in [1.82, 2.24) is 15.1 Å². The van der Waals surface area contributed by atoms with E-state index in [2.05, 4.69) is 10.4 Å². The Morgan fingerprint density at radius 2 is 1.96 bits per heavy atom. The molecule has 0 saturated heterocycles. The third-order valence-electron chi connectivity index (χ3n) is 4.33. The van der Waals surface area contributed by atoms with Crippen LogP contribution in [-0.4, -0.2) is 34.3 Å². The maximum atomic E-state index is 12.6. The Bertz CT molecular complexity index is 767. The average Bonchev–Trinajstić information content (AvgIpc) is 2.95. The van der Waals surface area contributed by atoms with Crippen molar-refractivity contribution in [1.29, 1.82) is 0 Å². The largest absolute Gasteiger partial charge is 0.467 e. The first-order valence-corrected chi connectivity index (χ1v) is 7.85. The number of carbonyl (C=O) groups is 2. The van der Waals surface area contributed by atoms with Gasteiger partial charge in [-0.1, -0.05) is 25.1 Å². The number of benzene rings is 1. The molecule has 1 amide bonds. The van der Waals surface area contributed by atoms with E-state index in [4.69, 9.17) is 4.74 Å². The number of methoxy groups -OCH3 is 1. The summed E-state index contributed by atoms with van der Waals surface area (Å²) in [6.45, 7) is 7.29. The lowest BCUT2D eigenvalue weighted by Crippen LogP contribution is -2.52. The quantitative estimate of drug-likeness (QED) is 0.856. The second kappa shape index (κ2) is 6.86. The van der Waals surface area contributed by atoms with Crippen LogP contribution < -0.4 is 5.32 Å². The van der Waals surface area contributed by atoms with Crippen LogP contribution in [0.3, 0.4) is 0 Å². The minimum absolute atomic E-state index is 0.345. The van der Waals surface area contributed by atoms with E-state index in [-0.39, 0.29) is 5.91 Å². The second-order valence-corrected chi connectivity index (χ2v) is 5.97. The van der Waals surface area contributed by atoms with Gasteiger partial charge in [0.05, 0.1) is 30.3 Å². The smallest absolute Gasteiger partial charge is 0.331 e. The normalized spacial score (nSPS) is 13.2. The average molecular weight is 329 g/mol. The lowest BCUT2D eigenvalue weighted by Gasteiger charge is -2.26. The number of hydrogen-bond donors (Lipinski definition) is 1. The van der Waals surface area contributed by atoms with Gasteiger partial charge in [-0.3, -0.25) is 4.79 Å². The number of carbonyl (C=O) groups excluding carboxylic acids is 2. The first kappa shape index (κ1) is 17.7. The molecule has 0 aliphatic carbocycles. The number of nitrogens with one attached hydrogen (secondary N) is 1. The number of nitrogens with zero attached hydrogens (tertiary/aromatic N) is 2. The summed E-state index contributed by atoms with van der Waals surface area (Å²) in [5.41, 5.74) is 2.05. The van der Waals surface area contributed by atoms with Crippen LogP contribution >= 0.6 is 0 Å². The Kier molecular flexibility index (Phi) is 5.07. The highest BCUT2D eigenvalue weighted by molar-refractivity contribution is 5.98. The van der Waals surface area contributed by atoms with Crippen molar-refractivity contribution in [3.63, 3.8) is 0 Å². The molecule has 2 rings (SSSR count). The summed E-state index contributed by atoms with van der Waals surface area (Å²) in [5.74, 6) is -0.815. The number of rotatable bonds is 5. The standard InChI is InChI=1S/C18H23N3O3/c1-6-18(4,17(23)24-5)20-16(22)14-11-19-21(13(14)3)15-10-8-7-9-12(15)2/h7-11H,6H2,1-5H3,(H,20,22)/t18-/m1/s1. The topological polar surface area (TPSA) is 73.2 Å². The maximum Gasteiger partial charge on any atom is 0.331 e. The molecule has 0 radical (unpaired) electrons. The van der Waals surface area contributed by atoms with Gasteiger partial charge in [0, 0.05) is 0 Å². The molecule has 0 aliphatic heterocycles. The van der Waals surface area contributed by atoms with Gasteiger partial charge in [-0.25, -0.2) is 9.48 Å². The van der Waals surface area contributed by atoms with Crippen LogP contribution in [-0.2, 0) is 9.53 Å². The molecule has 0 bridgehead atoms. The van der Waals surface area contributed by atoms with Gasteiger partial charge < -0.3 is 10.1 Å². The number of aryl methyl sites for hydroxylation is 1. The van der Waals surface area contributed by atoms with Gasteiger partial charge in [-0.15, -0.1) is 0 Å². The van der Waals surface area contributed by atoms with Crippen LogP contribution in [0.25, 0.3) is 5.69 Å². The van der Waals surface area contributed by atoms with E-state index in [0.29, 0.717) is 17.7 Å². The molecule has 1 N–H and O–H groups in total. The van der Waals surface area contributed by atoms with E-state index >= 15 is 0 Å². The van der Waals surface area contributed by atoms with Crippen molar-refractivity contribution in [2.24, 2.45) is 0 Å². The molecule has 0 unspecified atom stereocenters. The minimum atomic E-state index is -1.07. The molecule has 24 heavy (non-hydrogen) atoms. The number of amides is 1. The van der Waals surface area contributed by atoms with Crippen LogP contribution in [0.2, 0.25) is 0 Å². The van der Waals surface area contributed by atoms with E-state index in [1.807, 2.05) is 45.0 Å². The molecule has 6 nitrogen and oxygen atoms in total. The molecule has 1 aromatic heterocycles. The molecular weight excluding hydrogens is 306 g/mol. The van der Waals surface area contributed by atoms with Gasteiger partial charge in [-0.05, 0) is 38.8 Å². The van der Waals surface area contributed by atoms with Gasteiger partial charge in [0.2, 0.25) is 0 Å². The van der Waals surface area contributed by atoms with Crippen LogP contribution in [0.4, 0.5) is 0 Å². The Labute approximate surface area is 141 Å². The first-order chi connectivity index (χ1) is 11.3. The number of aromatic nitrogens is 2. The fourth-order valence-corrected chi connectivity index (χ4v) is 2.50. The molecule has 0 fully saturated rings. The molecule has 0 aliphatic rings. The van der Waals surface area contributed by atoms with Gasteiger partial charge in [0.15, 0.2) is 0 Å². The van der Waals surface area contributed by atoms with Crippen molar-refractivity contribution in [2.75, 3.05) is 7.11 Å². The van der Waals surface area contributed by atoms with E-state index < -0.39 is 11.5 Å².